The normalized spacial score (nSPS) is 25.5. The first kappa shape index (κ1) is 13.0. The maximum atomic E-state index is 13.6. The zero-order chi connectivity index (χ0) is 12.6. The van der Waals surface area contributed by atoms with Crippen LogP contribution in [-0.2, 0) is 0 Å². The second-order valence-electron chi connectivity index (χ2n) is 4.88. The van der Waals surface area contributed by atoms with Gasteiger partial charge < -0.3 is 5.73 Å². The van der Waals surface area contributed by atoms with Crippen LogP contribution in [0.15, 0.2) is 16.6 Å². The van der Waals surface area contributed by atoms with Gasteiger partial charge in [-0.25, -0.2) is 4.39 Å². The fourth-order valence-corrected chi connectivity index (χ4v) is 3.39. The van der Waals surface area contributed by atoms with Crippen LogP contribution in [0, 0.1) is 18.7 Å². The van der Waals surface area contributed by atoms with Crippen LogP contribution in [0.3, 0.4) is 0 Å². The average molecular weight is 301 g/mol. The molecule has 4 heteroatoms. The first-order valence-electron chi connectivity index (χ1n) is 5.89. The fraction of sp³-hybridized carbons (Fsp3) is 0.538. The Labute approximate surface area is 110 Å². The van der Waals surface area contributed by atoms with E-state index in [1.165, 1.54) is 6.07 Å². The van der Waals surface area contributed by atoms with Crippen LogP contribution in [0.1, 0.15) is 23.6 Å². The van der Waals surface area contributed by atoms with E-state index in [9.17, 15) is 4.39 Å². The molecule has 0 radical (unpaired) electrons. The van der Waals surface area contributed by atoms with E-state index in [1.807, 2.05) is 13.0 Å². The molecule has 2 N–H and O–H groups in total. The molecular formula is C13H18BrFN2. The van der Waals surface area contributed by atoms with Crippen molar-refractivity contribution in [2.75, 3.05) is 20.1 Å². The number of hydrogen-bond donors (Lipinski definition) is 1. The number of hydrogen-bond acceptors (Lipinski definition) is 2. The average Bonchev–Trinajstić information content (AvgIpc) is 2.66. The highest BCUT2D eigenvalue weighted by Gasteiger charge is 2.32. The topological polar surface area (TPSA) is 29.3 Å². The highest BCUT2D eigenvalue weighted by atomic mass is 79.9. The third-order valence-corrected chi connectivity index (χ3v) is 4.46. The minimum absolute atomic E-state index is 0.185. The lowest BCUT2D eigenvalue weighted by Gasteiger charge is -2.23. The molecule has 2 atom stereocenters. The largest absolute Gasteiger partial charge is 0.330 e. The Morgan fingerprint density at radius 1 is 1.53 bits per heavy atom. The van der Waals surface area contributed by atoms with Crippen LogP contribution < -0.4 is 5.73 Å². The highest BCUT2D eigenvalue weighted by molar-refractivity contribution is 9.10. The lowest BCUT2D eigenvalue weighted by Crippen LogP contribution is -2.21. The summed E-state index contributed by atoms with van der Waals surface area (Å²) in [7, 11) is 2.08. The number of nitrogens with zero attached hydrogens (tertiary/aromatic N) is 1. The summed E-state index contributed by atoms with van der Waals surface area (Å²) in [6, 6.07) is 3.63. The fourth-order valence-electron chi connectivity index (χ4n) is 2.69. The van der Waals surface area contributed by atoms with E-state index >= 15 is 0 Å². The third kappa shape index (κ3) is 2.39. The molecule has 1 heterocycles. The van der Waals surface area contributed by atoms with E-state index in [4.69, 9.17) is 5.73 Å². The molecule has 0 aliphatic carbocycles. The summed E-state index contributed by atoms with van der Waals surface area (Å²) in [6.07, 6.45) is 1.01. The second kappa shape index (κ2) is 5.04. The summed E-state index contributed by atoms with van der Waals surface area (Å²) >= 11 is 3.38. The van der Waals surface area contributed by atoms with Crippen LogP contribution in [0.2, 0.25) is 0 Å². The van der Waals surface area contributed by atoms with Crippen LogP contribution in [-0.4, -0.2) is 25.0 Å². The Kier molecular flexibility index (Phi) is 3.85. The van der Waals surface area contributed by atoms with E-state index < -0.39 is 0 Å². The standard InChI is InChI=1S/C13H18BrFN2/c1-8-3-4-10(15)13(14)12(8)11-5-9(6-16)7-17(11)2/h3-4,9,11H,5-7,16H2,1-2H3. The van der Waals surface area contributed by atoms with Gasteiger partial charge in [0, 0.05) is 12.6 Å². The molecule has 1 aromatic rings. The van der Waals surface area contributed by atoms with Gasteiger partial charge >= 0.3 is 0 Å². The van der Waals surface area contributed by atoms with Crippen molar-refractivity contribution < 1.29 is 4.39 Å². The predicted octanol–water partition coefficient (Wildman–Crippen LogP) is 2.85. The van der Waals surface area contributed by atoms with E-state index in [0.717, 1.165) is 24.1 Å². The smallest absolute Gasteiger partial charge is 0.137 e. The molecule has 0 amide bonds. The first-order valence-corrected chi connectivity index (χ1v) is 6.68. The van der Waals surface area contributed by atoms with Crippen LogP contribution >= 0.6 is 15.9 Å². The van der Waals surface area contributed by atoms with Gasteiger partial charge in [0.15, 0.2) is 0 Å². The molecule has 1 fully saturated rings. The minimum Gasteiger partial charge on any atom is -0.330 e. The number of rotatable bonds is 2. The van der Waals surface area contributed by atoms with Crippen molar-refractivity contribution in [3.63, 3.8) is 0 Å². The number of nitrogens with two attached hydrogens (primary N) is 1. The van der Waals surface area contributed by atoms with Gasteiger partial charge in [0.05, 0.1) is 4.47 Å². The molecule has 2 nitrogen and oxygen atoms in total. The van der Waals surface area contributed by atoms with Gasteiger partial charge in [-0.2, -0.15) is 0 Å². The lowest BCUT2D eigenvalue weighted by molar-refractivity contribution is 0.311. The van der Waals surface area contributed by atoms with Gasteiger partial charge in [-0.15, -0.1) is 0 Å². The Hall–Kier alpha value is -0.450. The predicted molar refractivity (Wildman–Crippen MR) is 71.4 cm³/mol. The SMILES string of the molecule is Cc1ccc(F)c(Br)c1C1CC(CN)CN1C. The zero-order valence-electron chi connectivity index (χ0n) is 10.2. The second-order valence-corrected chi connectivity index (χ2v) is 5.68. The summed E-state index contributed by atoms with van der Waals surface area (Å²) in [5.41, 5.74) is 7.93. The van der Waals surface area contributed by atoms with Gasteiger partial charge in [-0.1, -0.05) is 6.07 Å². The first-order chi connectivity index (χ1) is 8.04. The third-order valence-electron chi connectivity index (χ3n) is 3.65. The van der Waals surface area contributed by atoms with Gasteiger partial charge in [0.25, 0.3) is 0 Å². The van der Waals surface area contributed by atoms with Gasteiger partial charge in [0.2, 0.25) is 0 Å². The number of likely N-dealkylation sites (tertiary alicyclic amines) is 1. The summed E-state index contributed by atoms with van der Waals surface area (Å²) < 4.78 is 14.2. The van der Waals surface area contributed by atoms with Gasteiger partial charge in [-0.05, 0) is 66.0 Å². The molecule has 2 rings (SSSR count). The minimum atomic E-state index is -0.185. The van der Waals surface area contributed by atoms with Crippen LogP contribution in [0.5, 0.6) is 0 Å². The molecule has 1 aliphatic rings. The maximum absolute atomic E-state index is 13.6. The molecule has 0 aromatic heterocycles. The summed E-state index contributed by atoms with van der Waals surface area (Å²) in [6.45, 7) is 3.72. The summed E-state index contributed by atoms with van der Waals surface area (Å²) in [5, 5.41) is 0. The number of aryl methyl sites for hydroxylation is 1. The Morgan fingerprint density at radius 2 is 2.24 bits per heavy atom. The van der Waals surface area contributed by atoms with Crippen molar-refractivity contribution in [3.8, 4) is 0 Å². The lowest BCUT2D eigenvalue weighted by atomic mass is 9.96. The molecular weight excluding hydrogens is 283 g/mol. The van der Waals surface area contributed by atoms with Crippen molar-refractivity contribution in [1.82, 2.24) is 4.90 Å². The van der Waals surface area contributed by atoms with Crippen molar-refractivity contribution in [2.45, 2.75) is 19.4 Å². The number of halogens is 2. The van der Waals surface area contributed by atoms with Gasteiger partial charge in [-0.3, -0.25) is 4.90 Å². The van der Waals surface area contributed by atoms with Crippen molar-refractivity contribution in [3.05, 3.63) is 33.5 Å². The highest BCUT2D eigenvalue weighted by Crippen LogP contribution is 2.39. The van der Waals surface area contributed by atoms with E-state index in [1.54, 1.807) is 0 Å². The van der Waals surface area contributed by atoms with E-state index in [2.05, 4.69) is 27.9 Å². The molecule has 0 spiro atoms. The quantitative estimate of drug-likeness (QED) is 0.910. The molecule has 1 saturated heterocycles. The Balaban J connectivity index is 2.37. The summed E-state index contributed by atoms with van der Waals surface area (Å²) in [4.78, 5) is 2.27. The molecule has 2 unspecified atom stereocenters. The van der Waals surface area contributed by atoms with E-state index in [0.29, 0.717) is 16.9 Å². The van der Waals surface area contributed by atoms with Crippen molar-refractivity contribution in [2.24, 2.45) is 11.7 Å². The van der Waals surface area contributed by atoms with Crippen molar-refractivity contribution >= 4 is 15.9 Å². The Morgan fingerprint density at radius 3 is 2.82 bits per heavy atom. The Bertz CT molecular complexity index is 422. The maximum Gasteiger partial charge on any atom is 0.137 e. The summed E-state index contributed by atoms with van der Waals surface area (Å²) in [5.74, 6) is 0.328. The zero-order valence-corrected chi connectivity index (χ0v) is 11.8. The molecule has 17 heavy (non-hydrogen) atoms. The molecule has 94 valence electrons. The molecule has 1 aliphatic heterocycles. The monoisotopic (exact) mass is 300 g/mol. The van der Waals surface area contributed by atoms with E-state index in [-0.39, 0.29) is 11.9 Å². The van der Waals surface area contributed by atoms with Crippen LogP contribution in [0.25, 0.3) is 0 Å². The van der Waals surface area contributed by atoms with Gasteiger partial charge in [0.1, 0.15) is 5.82 Å². The molecule has 1 aromatic carbocycles. The van der Waals surface area contributed by atoms with Crippen molar-refractivity contribution in [1.29, 1.82) is 0 Å². The van der Waals surface area contributed by atoms with Crippen LogP contribution in [0.4, 0.5) is 4.39 Å². The number of benzene rings is 1. The molecule has 0 saturated carbocycles. The molecule has 0 bridgehead atoms.